The highest BCUT2D eigenvalue weighted by Gasteiger charge is 2.14. The van der Waals surface area contributed by atoms with Crippen molar-refractivity contribution >= 4 is 11.6 Å². The van der Waals surface area contributed by atoms with Crippen LogP contribution in [-0.2, 0) is 4.74 Å². The van der Waals surface area contributed by atoms with Crippen molar-refractivity contribution in [2.75, 3.05) is 7.11 Å². The van der Waals surface area contributed by atoms with Gasteiger partial charge in [0.2, 0.25) is 0 Å². The standard InChI is InChI=1S/C9H10ClFO2/c1-5-3-6(11)4-7(10)8(5)9(12)13-2/h3-4,9,12H,1-2H3. The maximum Gasteiger partial charge on any atom is 0.182 e. The Morgan fingerprint density at radius 1 is 1.54 bits per heavy atom. The molecule has 0 bridgehead atoms. The number of methoxy groups -OCH3 is 1. The number of aliphatic hydroxyl groups excluding tert-OH is 1. The molecule has 2 nitrogen and oxygen atoms in total. The molecule has 1 aromatic carbocycles. The van der Waals surface area contributed by atoms with Crippen LogP contribution >= 0.6 is 11.6 Å². The molecule has 1 N–H and O–H groups in total. The van der Waals surface area contributed by atoms with Crippen molar-refractivity contribution in [1.29, 1.82) is 0 Å². The molecule has 0 aromatic heterocycles. The summed E-state index contributed by atoms with van der Waals surface area (Å²) >= 11 is 5.73. The first-order valence-electron chi connectivity index (χ1n) is 3.72. The van der Waals surface area contributed by atoms with E-state index in [0.717, 1.165) is 6.07 Å². The maximum absolute atomic E-state index is 12.8. The topological polar surface area (TPSA) is 29.5 Å². The van der Waals surface area contributed by atoms with Crippen LogP contribution in [0.5, 0.6) is 0 Å². The molecule has 0 aliphatic rings. The van der Waals surface area contributed by atoms with E-state index in [1.807, 2.05) is 0 Å². The summed E-state index contributed by atoms with van der Waals surface area (Å²) in [6.45, 7) is 1.66. The van der Waals surface area contributed by atoms with Gasteiger partial charge in [0, 0.05) is 12.7 Å². The van der Waals surface area contributed by atoms with Crippen LogP contribution in [0.2, 0.25) is 5.02 Å². The van der Waals surface area contributed by atoms with Gasteiger partial charge in [-0.15, -0.1) is 0 Å². The Morgan fingerprint density at radius 2 is 2.15 bits per heavy atom. The van der Waals surface area contributed by atoms with Crippen LogP contribution in [0.25, 0.3) is 0 Å². The van der Waals surface area contributed by atoms with Crippen molar-refractivity contribution in [2.45, 2.75) is 13.2 Å². The minimum Gasteiger partial charge on any atom is -0.364 e. The molecule has 1 rings (SSSR count). The lowest BCUT2D eigenvalue weighted by atomic mass is 10.1. The zero-order chi connectivity index (χ0) is 10.0. The van der Waals surface area contributed by atoms with Crippen LogP contribution in [0.4, 0.5) is 4.39 Å². The van der Waals surface area contributed by atoms with E-state index in [9.17, 15) is 9.50 Å². The monoisotopic (exact) mass is 204 g/mol. The number of halogens is 2. The third kappa shape index (κ3) is 2.18. The van der Waals surface area contributed by atoms with E-state index in [4.69, 9.17) is 11.6 Å². The Hall–Kier alpha value is -0.640. The molecule has 0 radical (unpaired) electrons. The van der Waals surface area contributed by atoms with E-state index in [0.29, 0.717) is 11.1 Å². The number of hydrogen-bond donors (Lipinski definition) is 1. The van der Waals surface area contributed by atoms with Gasteiger partial charge in [-0.3, -0.25) is 0 Å². The van der Waals surface area contributed by atoms with Crippen LogP contribution in [0.3, 0.4) is 0 Å². The molecule has 1 aromatic rings. The zero-order valence-corrected chi connectivity index (χ0v) is 8.10. The van der Waals surface area contributed by atoms with Crippen LogP contribution in [0.1, 0.15) is 17.4 Å². The Bertz CT molecular complexity index is 291. The molecule has 0 saturated heterocycles. The van der Waals surface area contributed by atoms with Gasteiger partial charge in [-0.05, 0) is 24.6 Å². The first kappa shape index (κ1) is 10.4. The highest BCUT2D eigenvalue weighted by Crippen LogP contribution is 2.27. The summed E-state index contributed by atoms with van der Waals surface area (Å²) < 4.78 is 17.5. The lowest BCUT2D eigenvalue weighted by Gasteiger charge is -2.13. The first-order valence-corrected chi connectivity index (χ1v) is 4.10. The van der Waals surface area contributed by atoms with Gasteiger partial charge in [0.05, 0.1) is 5.02 Å². The highest BCUT2D eigenvalue weighted by molar-refractivity contribution is 6.31. The largest absolute Gasteiger partial charge is 0.364 e. The quantitative estimate of drug-likeness (QED) is 0.750. The predicted octanol–water partition coefficient (Wildman–Crippen LogP) is 2.42. The molecular formula is C9H10ClFO2. The van der Waals surface area contributed by atoms with Crippen molar-refractivity contribution in [1.82, 2.24) is 0 Å². The third-order valence-electron chi connectivity index (χ3n) is 1.77. The average Bonchev–Trinajstić information content (AvgIpc) is 2.02. The summed E-state index contributed by atoms with van der Waals surface area (Å²) in [6, 6.07) is 2.44. The smallest absolute Gasteiger partial charge is 0.182 e. The lowest BCUT2D eigenvalue weighted by Crippen LogP contribution is -2.03. The molecule has 0 spiro atoms. The second-order valence-electron chi connectivity index (χ2n) is 2.71. The van der Waals surface area contributed by atoms with Crippen molar-refractivity contribution in [3.8, 4) is 0 Å². The van der Waals surface area contributed by atoms with Gasteiger partial charge in [0.25, 0.3) is 0 Å². The summed E-state index contributed by atoms with van der Waals surface area (Å²) in [5.74, 6) is -0.422. The molecular weight excluding hydrogens is 195 g/mol. The Balaban J connectivity index is 3.20. The molecule has 13 heavy (non-hydrogen) atoms. The van der Waals surface area contributed by atoms with Crippen molar-refractivity contribution in [3.05, 3.63) is 34.1 Å². The fourth-order valence-electron chi connectivity index (χ4n) is 1.14. The molecule has 0 aliphatic heterocycles. The number of aryl methyl sites for hydroxylation is 1. The minimum atomic E-state index is -1.10. The molecule has 0 heterocycles. The fraction of sp³-hybridized carbons (Fsp3) is 0.333. The van der Waals surface area contributed by atoms with Crippen LogP contribution < -0.4 is 0 Å². The van der Waals surface area contributed by atoms with E-state index in [-0.39, 0.29) is 5.02 Å². The van der Waals surface area contributed by atoms with E-state index in [1.54, 1.807) is 6.92 Å². The highest BCUT2D eigenvalue weighted by atomic mass is 35.5. The first-order chi connectivity index (χ1) is 6.06. The van der Waals surface area contributed by atoms with E-state index >= 15 is 0 Å². The zero-order valence-electron chi connectivity index (χ0n) is 7.34. The van der Waals surface area contributed by atoms with E-state index in [2.05, 4.69) is 4.74 Å². The molecule has 72 valence electrons. The van der Waals surface area contributed by atoms with Gasteiger partial charge >= 0.3 is 0 Å². The summed E-state index contributed by atoms with van der Waals surface area (Å²) in [7, 11) is 1.35. The van der Waals surface area contributed by atoms with E-state index < -0.39 is 12.1 Å². The van der Waals surface area contributed by atoms with Crippen LogP contribution in [0.15, 0.2) is 12.1 Å². The van der Waals surface area contributed by atoms with Crippen molar-refractivity contribution < 1.29 is 14.2 Å². The SMILES string of the molecule is COC(O)c1c(C)cc(F)cc1Cl. The van der Waals surface area contributed by atoms with Crippen molar-refractivity contribution in [3.63, 3.8) is 0 Å². The van der Waals surface area contributed by atoms with Gasteiger partial charge in [0.1, 0.15) is 5.82 Å². The molecule has 0 saturated carbocycles. The molecule has 0 aliphatic carbocycles. The summed E-state index contributed by atoms with van der Waals surface area (Å²) in [6.07, 6.45) is -1.10. The van der Waals surface area contributed by atoms with Gasteiger partial charge in [0.15, 0.2) is 6.29 Å². The number of benzene rings is 1. The number of hydrogen-bond acceptors (Lipinski definition) is 2. The number of ether oxygens (including phenoxy) is 1. The third-order valence-corrected chi connectivity index (χ3v) is 2.08. The summed E-state index contributed by atoms with van der Waals surface area (Å²) in [5, 5.41) is 9.53. The van der Waals surface area contributed by atoms with E-state index in [1.165, 1.54) is 13.2 Å². The van der Waals surface area contributed by atoms with Crippen LogP contribution in [-0.4, -0.2) is 12.2 Å². The van der Waals surface area contributed by atoms with Crippen molar-refractivity contribution in [2.24, 2.45) is 0 Å². The molecule has 0 amide bonds. The van der Waals surface area contributed by atoms with Gasteiger partial charge in [-0.2, -0.15) is 0 Å². The van der Waals surface area contributed by atoms with Crippen LogP contribution in [0, 0.1) is 12.7 Å². The minimum absolute atomic E-state index is 0.173. The van der Waals surface area contributed by atoms with Gasteiger partial charge in [-0.25, -0.2) is 4.39 Å². The fourth-order valence-corrected chi connectivity index (χ4v) is 1.49. The Kier molecular flexibility index (Phi) is 3.25. The summed E-state index contributed by atoms with van der Waals surface area (Å²) in [4.78, 5) is 0. The second kappa shape index (κ2) is 4.05. The second-order valence-corrected chi connectivity index (χ2v) is 3.11. The average molecular weight is 205 g/mol. The normalized spacial score (nSPS) is 13.0. The Labute approximate surface area is 80.9 Å². The predicted molar refractivity (Wildman–Crippen MR) is 48.1 cm³/mol. The molecule has 1 unspecified atom stereocenters. The molecule has 1 atom stereocenters. The maximum atomic E-state index is 12.8. The molecule has 0 fully saturated rings. The number of rotatable bonds is 2. The molecule has 4 heteroatoms. The van der Waals surface area contributed by atoms with Gasteiger partial charge in [-0.1, -0.05) is 11.6 Å². The lowest BCUT2D eigenvalue weighted by molar-refractivity contribution is -0.0772. The summed E-state index contributed by atoms with van der Waals surface area (Å²) in [5.41, 5.74) is 0.977. The van der Waals surface area contributed by atoms with Gasteiger partial charge < -0.3 is 9.84 Å². The number of aliphatic hydroxyl groups is 1. The Morgan fingerprint density at radius 3 is 2.62 bits per heavy atom.